The van der Waals surface area contributed by atoms with Gasteiger partial charge in [0.1, 0.15) is 0 Å². The molecular weight excluding hydrogens is 270 g/mol. The van der Waals surface area contributed by atoms with E-state index in [1.165, 1.54) is 16.4 Å². The molecule has 17 heavy (non-hydrogen) atoms. The maximum Gasteiger partial charge on any atom is 0.0672 e. The molecule has 0 saturated heterocycles. The Kier molecular flexibility index (Phi) is 4.09. The second kappa shape index (κ2) is 5.40. The molecule has 0 bridgehead atoms. The number of hydrogen-bond acceptors (Lipinski definition) is 0. The van der Waals surface area contributed by atoms with Gasteiger partial charge in [-0.2, -0.15) is 0 Å². The zero-order valence-electron chi connectivity index (χ0n) is 9.72. The molecule has 0 radical (unpaired) electrons. The predicted octanol–water partition coefficient (Wildman–Crippen LogP) is 4.24. The second-order valence-corrected chi connectivity index (χ2v) is 6.07. The topological polar surface area (TPSA) is 0 Å². The Balaban J connectivity index is 2.43. The van der Waals surface area contributed by atoms with Crippen molar-refractivity contribution in [2.45, 2.75) is 13.8 Å². The Labute approximate surface area is 114 Å². The van der Waals surface area contributed by atoms with Crippen LogP contribution in [0.3, 0.4) is 0 Å². The SMILES string of the molecule is Cc1ccccc1Pc1c(C)ccc(Cl)c1Cl. The lowest BCUT2D eigenvalue weighted by Crippen LogP contribution is -2.10. The smallest absolute Gasteiger partial charge is 0.0672 e. The normalized spacial score (nSPS) is 11.3. The first kappa shape index (κ1) is 12.9. The highest BCUT2D eigenvalue weighted by Crippen LogP contribution is 2.27. The summed E-state index contributed by atoms with van der Waals surface area (Å²) in [4.78, 5) is 0. The minimum absolute atomic E-state index is 0.553. The molecule has 0 spiro atoms. The van der Waals surface area contributed by atoms with Gasteiger partial charge in [-0.05, 0) is 36.3 Å². The van der Waals surface area contributed by atoms with Crippen molar-refractivity contribution in [3.05, 3.63) is 57.6 Å². The molecule has 0 heterocycles. The molecule has 0 aliphatic carbocycles. The first-order valence-corrected chi connectivity index (χ1v) is 7.12. The van der Waals surface area contributed by atoms with Crippen LogP contribution in [0.2, 0.25) is 10.0 Å². The van der Waals surface area contributed by atoms with E-state index in [9.17, 15) is 0 Å². The summed E-state index contributed by atoms with van der Waals surface area (Å²) in [7, 11) is 0.553. The highest BCUT2D eigenvalue weighted by atomic mass is 35.5. The average molecular weight is 283 g/mol. The van der Waals surface area contributed by atoms with Crippen LogP contribution in [0.5, 0.6) is 0 Å². The molecule has 0 aromatic heterocycles. The van der Waals surface area contributed by atoms with Gasteiger partial charge in [0.05, 0.1) is 10.0 Å². The molecular formula is C14H13Cl2P. The van der Waals surface area contributed by atoms with E-state index in [1.54, 1.807) is 0 Å². The predicted molar refractivity (Wildman–Crippen MR) is 80.0 cm³/mol. The molecule has 1 unspecified atom stereocenters. The molecule has 2 aromatic rings. The summed E-state index contributed by atoms with van der Waals surface area (Å²) in [6.07, 6.45) is 0. The van der Waals surface area contributed by atoms with Gasteiger partial charge in [-0.25, -0.2) is 0 Å². The van der Waals surface area contributed by atoms with E-state index >= 15 is 0 Å². The highest BCUT2D eigenvalue weighted by molar-refractivity contribution is 7.56. The van der Waals surface area contributed by atoms with Crippen molar-refractivity contribution < 1.29 is 0 Å². The van der Waals surface area contributed by atoms with Crippen LogP contribution in [0, 0.1) is 13.8 Å². The first-order valence-electron chi connectivity index (χ1n) is 5.37. The number of aryl methyl sites for hydroxylation is 2. The van der Waals surface area contributed by atoms with Crippen molar-refractivity contribution in [3.8, 4) is 0 Å². The van der Waals surface area contributed by atoms with Gasteiger partial charge in [-0.3, -0.25) is 0 Å². The van der Waals surface area contributed by atoms with E-state index in [0.29, 0.717) is 18.6 Å². The van der Waals surface area contributed by atoms with Crippen molar-refractivity contribution in [1.82, 2.24) is 0 Å². The summed E-state index contributed by atoms with van der Waals surface area (Å²) in [5.74, 6) is 0. The molecule has 0 amide bonds. The van der Waals surface area contributed by atoms with Crippen molar-refractivity contribution in [2.75, 3.05) is 0 Å². The fourth-order valence-electron chi connectivity index (χ4n) is 1.65. The summed E-state index contributed by atoms with van der Waals surface area (Å²) in [6, 6.07) is 12.2. The Morgan fingerprint density at radius 1 is 0.882 bits per heavy atom. The molecule has 0 fully saturated rings. The largest absolute Gasteiger partial charge is 0.0827 e. The Morgan fingerprint density at radius 3 is 2.29 bits per heavy atom. The molecule has 3 heteroatoms. The lowest BCUT2D eigenvalue weighted by Gasteiger charge is -2.11. The molecule has 0 N–H and O–H groups in total. The Morgan fingerprint density at radius 2 is 1.59 bits per heavy atom. The highest BCUT2D eigenvalue weighted by Gasteiger charge is 2.09. The van der Waals surface area contributed by atoms with Gasteiger partial charge in [-0.1, -0.05) is 62.1 Å². The van der Waals surface area contributed by atoms with Crippen LogP contribution < -0.4 is 10.6 Å². The minimum Gasteiger partial charge on any atom is -0.0827 e. The summed E-state index contributed by atoms with van der Waals surface area (Å²) in [5, 5.41) is 3.79. The number of halogens is 2. The van der Waals surface area contributed by atoms with Gasteiger partial charge < -0.3 is 0 Å². The fourth-order valence-corrected chi connectivity index (χ4v) is 3.49. The molecule has 0 aliphatic rings. The molecule has 0 nitrogen and oxygen atoms in total. The van der Waals surface area contributed by atoms with E-state index in [2.05, 4.69) is 38.1 Å². The van der Waals surface area contributed by atoms with E-state index < -0.39 is 0 Å². The lowest BCUT2D eigenvalue weighted by molar-refractivity contribution is 1.51. The lowest BCUT2D eigenvalue weighted by atomic mass is 10.2. The second-order valence-electron chi connectivity index (χ2n) is 3.99. The zero-order chi connectivity index (χ0) is 12.4. The van der Waals surface area contributed by atoms with Crippen LogP contribution in [0.15, 0.2) is 36.4 Å². The quantitative estimate of drug-likeness (QED) is 0.723. The Bertz CT molecular complexity index is 550. The van der Waals surface area contributed by atoms with Crippen LogP contribution in [0.1, 0.15) is 11.1 Å². The fraction of sp³-hybridized carbons (Fsp3) is 0.143. The third-order valence-corrected chi connectivity index (χ3v) is 5.40. The maximum absolute atomic E-state index is 6.28. The molecule has 2 rings (SSSR count). The van der Waals surface area contributed by atoms with Gasteiger partial charge >= 0.3 is 0 Å². The van der Waals surface area contributed by atoms with E-state index in [1.807, 2.05) is 12.1 Å². The van der Waals surface area contributed by atoms with Crippen molar-refractivity contribution >= 4 is 42.4 Å². The summed E-state index contributed by atoms with van der Waals surface area (Å²) in [5.41, 5.74) is 2.49. The summed E-state index contributed by atoms with van der Waals surface area (Å²) in [6.45, 7) is 4.19. The standard InChI is InChI=1S/C14H13Cl2P/c1-9-5-3-4-6-12(9)17-14-10(2)7-8-11(15)13(14)16/h3-8,17H,1-2H3. The molecule has 0 aliphatic heterocycles. The van der Waals surface area contributed by atoms with Crippen LogP contribution in [-0.2, 0) is 0 Å². The third-order valence-electron chi connectivity index (χ3n) is 2.71. The molecule has 0 saturated carbocycles. The minimum atomic E-state index is 0.553. The molecule has 1 atom stereocenters. The maximum atomic E-state index is 6.28. The molecule has 88 valence electrons. The Hall–Kier alpha value is -0.550. The van der Waals surface area contributed by atoms with Crippen molar-refractivity contribution in [1.29, 1.82) is 0 Å². The van der Waals surface area contributed by atoms with Gasteiger partial charge in [0.25, 0.3) is 0 Å². The van der Waals surface area contributed by atoms with Gasteiger partial charge in [0, 0.05) is 5.30 Å². The van der Waals surface area contributed by atoms with E-state index in [-0.39, 0.29) is 0 Å². The molecule has 2 aromatic carbocycles. The zero-order valence-corrected chi connectivity index (χ0v) is 12.2. The number of hydrogen-bond donors (Lipinski definition) is 0. The van der Waals surface area contributed by atoms with Gasteiger partial charge in [0.15, 0.2) is 0 Å². The number of rotatable bonds is 2. The van der Waals surface area contributed by atoms with Crippen LogP contribution in [0.25, 0.3) is 0 Å². The van der Waals surface area contributed by atoms with Crippen LogP contribution in [0.4, 0.5) is 0 Å². The van der Waals surface area contributed by atoms with Gasteiger partial charge in [0.2, 0.25) is 0 Å². The summed E-state index contributed by atoms with van der Waals surface area (Å²) >= 11 is 12.3. The van der Waals surface area contributed by atoms with Crippen molar-refractivity contribution in [3.63, 3.8) is 0 Å². The van der Waals surface area contributed by atoms with Gasteiger partial charge in [-0.15, -0.1) is 0 Å². The first-order chi connectivity index (χ1) is 8.09. The van der Waals surface area contributed by atoms with E-state index in [0.717, 1.165) is 5.30 Å². The van der Waals surface area contributed by atoms with Crippen LogP contribution >= 0.6 is 31.8 Å². The summed E-state index contributed by atoms with van der Waals surface area (Å²) < 4.78 is 0. The third kappa shape index (κ3) is 2.83. The monoisotopic (exact) mass is 282 g/mol. The van der Waals surface area contributed by atoms with Crippen LogP contribution in [-0.4, -0.2) is 0 Å². The number of benzene rings is 2. The van der Waals surface area contributed by atoms with E-state index in [4.69, 9.17) is 23.2 Å². The average Bonchev–Trinajstić information content (AvgIpc) is 2.32. The van der Waals surface area contributed by atoms with Crippen molar-refractivity contribution in [2.24, 2.45) is 0 Å².